The van der Waals surface area contributed by atoms with E-state index in [-0.39, 0.29) is 0 Å². The third kappa shape index (κ3) is 3.29. The topological polar surface area (TPSA) is 55.6 Å². The van der Waals surface area contributed by atoms with Gasteiger partial charge in [-0.2, -0.15) is 5.10 Å². The highest BCUT2D eigenvalue weighted by Crippen LogP contribution is 2.21. The fourth-order valence-corrected chi connectivity index (χ4v) is 2.95. The number of hydrogen-bond acceptors (Lipinski definition) is 4. The van der Waals surface area contributed by atoms with Crippen LogP contribution in [0.5, 0.6) is 0 Å². The van der Waals surface area contributed by atoms with Crippen LogP contribution < -0.4 is 5.32 Å². The van der Waals surface area contributed by atoms with Crippen LogP contribution in [0.15, 0.2) is 24.7 Å². The molecule has 1 atom stereocenters. The normalized spacial score (nSPS) is 19.1. The minimum atomic E-state index is 0.322. The van der Waals surface area contributed by atoms with Gasteiger partial charge in [-0.25, -0.2) is 4.98 Å². The molecule has 0 bridgehead atoms. The van der Waals surface area contributed by atoms with Crippen molar-refractivity contribution in [2.75, 3.05) is 13.1 Å². The molecule has 5 heteroatoms. The molecule has 0 radical (unpaired) electrons. The molecule has 3 rings (SSSR count). The van der Waals surface area contributed by atoms with Gasteiger partial charge in [0, 0.05) is 18.4 Å². The van der Waals surface area contributed by atoms with Gasteiger partial charge in [0.2, 0.25) is 0 Å². The summed E-state index contributed by atoms with van der Waals surface area (Å²) in [6.07, 6.45) is 9.10. The molecule has 5 nitrogen and oxygen atoms in total. The van der Waals surface area contributed by atoms with E-state index in [4.69, 9.17) is 4.98 Å². The molecule has 1 aliphatic rings. The van der Waals surface area contributed by atoms with Crippen LogP contribution in [0.4, 0.5) is 0 Å². The van der Waals surface area contributed by atoms with Crippen molar-refractivity contribution in [3.8, 4) is 11.4 Å². The van der Waals surface area contributed by atoms with Crippen molar-refractivity contribution < 1.29 is 0 Å². The van der Waals surface area contributed by atoms with Crippen molar-refractivity contribution in [1.29, 1.82) is 0 Å². The second-order valence-electron chi connectivity index (χ2n) is 6.07. The molecule has 3 heterocycles. The Hall–Kier alpha value is -1.75. The Kier molecular flexibility index (Phi) is 4.29. The van der Waals surface area contributed by atoms with E-state index in [9.17, 15) is 0 Å². The number of hydrogen-bond donors (Lipinski definition) is 1. The van der Waals surface area contributed by atoms with E-state index < -0.39 is 0 Å². The van der Waals surface area contributed by atoms with Crippen molar-refractivity contribution in [2.45, 2.75) is 39.2 Å². The molecule has 0 aromatic carbocycles. The number of piperidine rings is 1. The van der Waals surface area contributed by atoms with E-state index in [0.29, 0.717) is 12.0 Å². The van der Waals surface area contributed by atoms with Gasteiger partial charge in [0.15, 0.2) is 0 Å². The first-order valence-corrected chi connectivity index (χ1v) is 7.79. The first-order chi connectivity index (χ1) is 10.2. The van der Waals surface area contributed by atoms with E-state index in [1.165, 1.54) is 12.8 Å². The molecule has 1 saturated heterocycles. The third-order valence-electron chi connectivity index (χ3n) is 4.00. The molecule has 1 aliphatic heterocycles. The highest BCUT2D eigenvalue weighted by Gasteiger charge is 2.16. The third-order valence-corrected chi connectivity index (χ3v) is 4.00. The van der Waals surface area contributed by atoms with Gasteiger partial charge >= 0.3 is 0 Å². The Morgan fingerprint density at radius 1 is 1.38 bits per heavy atom. The summed E-state index contributed by atoms with van der Waals surface area (Å²) in [7, 11) is 0. The van der Waals surface area contributed by atoms with Crippen LogP contribution in [-0.4, -0.2) is 32.8 Å². The molecule has 21 heavy (non-hydrogen) atoms. The highest BCUT2D eigenvalue weighted by molar-refractivity contribution is 5.53. The fraction of sp³-hybridized carbons (Fsp3) is 0.562. The van der Waals surface area contributed by atoms with Crippen molar-refractivity contribution in [2.24, 2.45) is 5.92 Å². The van der Waals surface area contributed by atoms with Gasteiger partial charge in [-0.1, -0.05) is 0 Å². The predicted molar refractivity (Wildman–Crippen MR) is 82.9 cm³/mol. The van der Waals surface area contributed by atoms with Gasteiger partial charge in [0.05, 0.1) is 17.6 Å². The number of nitrogens with zero attached hydrogens (tertiary/aromatic N) is 4. The van der Waals surface area contributed by atoms with Crippen LogP contribution >= 0.6 is 0 Å². The average molecular weight is 285 g/mol. The molecular formula is C16H23N5. The largest absolute Gasteiger partial charge is 0.316 e. The van der Waals surface area contributed by atoms with Crippen LogP contribution in [0, 0.1) is 5.92 Å². The summed E-state index contributed by atoms with van der Waals surface area (Å²) in [4.78, 5) is 9.18. The molecule has 1 fully saturated rings. The summed E-state index contributed by atoms with van der Waals surface area (Å²) in [5, 5.41) is 7.84. The Morgan fingerprint density at radius 3 is 3.05 bits per heavy atom. The molecule has 0 amide bonds. The maximum absolute atomic E-state index is 4.80. The summed E-state index contributed by atoms with van der Waals surface area (Å²) in [5.41, 5.74) is 3.04. The minimum absolute atomic E-state index is 0.322. The van der Waals surface area contributed by atoms with Crippen molar-refractivity contribution in [3.05, 3.63) is 30.4 Å². The van der Waals surface area contributed by atoms with Gasteiger partial charge in [0.1, 0.15) is 5.69 Å². The standard InChI is InChI=1S/C16H23N5/c1-12(2)21-16(5-7-19-21)15-11-18-10-14(20-15)8-13-4-3-6-17-9-13/h5,7,10-13,17H,3-4,6,8-9H2,1-2H3/t13-/m0/s1. The molecule has 2 aromatic heterocycles. The van der Waals surface area contributed by atoms with Gasteiger partial charge in [-0.3, -0.25) is 9.67 Å². The SMILES string of the molecule is CC(C)n1nccc1-c1cncc(C[C@@H]2CCCNC2)n1. The number of rotatable bonds is 4. The van der Waals surface area contributed by atoms with Crippen molar-refractivity contribution in [3.63, 3.8) is 0 Å². The lowest BCUT2D eigenvalue weighted by Crippen LogP contribution is -2.31. The first kappa shape index (κ1) is 14.2. The molecule has 2 aromatic rings. The zero-order valence-corrected chi connectivity index (χ0v) is 12.8. The summed E-state index contributed by atoms with van der Waals surface area (Å²) < 4.78 is 2.00. The molecule has 0 saturated carbocycles. The van der Waals surface area contributed by atoms with E-state index in [1.807, 2.05) is 29.3 Å². The minimum Gasteiger partial charge on any atom is -0.316 e. The summed E-state index contributed by atoms with van der Waals surface area (Å²) in [6.45, 7) is 6.49. The Morgan fingerprint density at radius 2 is 2.29 bits per heavy atom. The molecule has 0 spiro atoms. The molecule has 0 unspecified atom stereocenters. The monoisotopic (exact) mass is 285 g/mol. The maximum Gasteiger partial charge on any atom is 0.107 e. The first-order valence-electron chi connectivity index (χ1n) is 7.79. The lowest BCUT2D eigenvalue weighted by Gasteiger charge is -2.22. The second-order valence-corrected chi connectivity index (χ2v) is 6.07. The summed E-state index contributed by atoms with van der Waals surface area (Å²) in [5.74, 6) is 0.679. The molecule has 0 aliphatic carbocycles. The lowest BCUT2D eigenvalue weighted by molar-refractivity contribution is 0.373. The zero-order valence-electron chi connectivity index (χ0n) is 12.8. The number of nitrogens with one attached hydrogen (secondary N) is 1. The summed E-state index contributed by atoms with van der Waals surface area (Å²) >= 11 is 0. The summed E-state index contributed by atoms with van der Waals surface area (Å²) in [6, 6.07) is 2.33. The van der Waals surface area contributed by atoms with E-state index in [0.717, 1.165) is 36.6 Å². The van der Waals surface area contributed by atoms with Crippen LogP contribution in [0.3, 0.4) is 0 Å². The quantitative estimate of drug-likeness (QED) is 0.937. The van der Waals surface area contributed by atoms with E-state index in [1.54, 1.807) is 0 Å². The van der Waals surface area contributed by atoms with E-state index in [2.05, 4.69) is 29.2 Å². The second kappa shape index (κ2) is 6.35. The highest BCUT2D eigenvalue weighted by atomic mass is 15.3. The van der Waals surface area contributed by atoms with Crippen LogP contribution in [0.25, 0.3) is 11.4 Å². The van der Waals surface area contributed by atoms with Gasteiger partial charge in [-0.05, 0) is 58.2 Å². The number of aromatic nitrogens is 4. The lowest BCUT2D eigenvalue weighted by atomic mass is 9.95. The maximum atomic E-state index is 4.80. The molecular weight excluding hydrogens is 262 g/mol. The molecule has 1 N–H and O–H groups in total. The zero-order chi connectivity index (χ0) is 14.7. The Bertz CT molecular complexity index is 584. The fourth-order valence-electron chi connectivity index (χ4n) is 2.95. The van der Waals surface area contributed by atoms with Crippen molar-refractivity contribution >= 4 is 0 Å². The van der Waals surface area contributed by atoms with Gasteiger partial charge in [-0.15, -0.1) is 0 Å². The van der Waals surface area contributed by atoms with Crippen LogP contribution in [0.2, 0.25) is 0 Å². The Labute approximate surface area is 125 Å². The average Bonchev–Trinajstić information content (AvgIpc) is 2.98. The smallest absolute Gasteiger partial charge is 0.107 e. The van der Waals surface area contributed by atoms with E-state index >= 15 is 0 Å². The molecule has 112 valence electrons. The van der Waals surface area contributed by atoms with Gasteiger partial charge in [0.25, 0.3) is 0 Å². The Balaban J connectivity index is 1.80. The van der Waals surface area contributed by atoms with Crippen LogP contribution in [0.1, 0.15) is 38.4 Å². The van der Waals surface area contributed by atoms with Gasteiger partial charge < -0.3 is 5.32 Å². The van der Waals surface area contributed by atoms with Crippen LogP contribution in [-0.2, 0) is 6.42 Å². The van der Waals surface area contributed by atoms with Crippen molar-refractivity contribution in [1.82, 2.24) is 25.1 Å². The predicted octanol–water partition coefficient (Wildman–Crippen LogP) is 2.46.